The van der Waals surface area contributed by atoms with Crippen molar-refractivity contribution in [2.75, 3.05) is 0 Å². The topological polar surface area (TPSA) is 68.7 Å². The Morgan fingerprint density at radius 3 is 2.96 bits per heavy atom. The minimum absolute atomic E-state index is 0.0554. The lowest BCUT2D eigenvalue weighted by atomic mass is 9.98. The number of fused-ring (bicyclic) bond motifs is 1. The first kappa shape index (κ1) is 17.3. The van der Waals surface area contributed by atoms with Crippen LogP contribution in [0.25, 0.3) is 0 Å². The van der Waals surface area contributed by atoms with E-state index in [2.05, 4.69) is 4.98 Å². The summed E-state index contributed by atoms with van der Waals surface area (Å²) in [6.45, 7) is 4.31. The molecule has 1 aromatic heterocycles. The minimum Gasteiger partial charge on any atom is -0.489 e. The van der Waals surface area contributed by atoms with Crippen molar-refractivity contribution in [3.63, 3.8) is 0 Å². The summed E-state index contributed by atoms with van der Waals surface area (Å²) < 4.78 is 11.6. The molecule has 1 aliphatic carbocycles. The highest BCUT2D eigenvalue weighted by Crippen LogP contribution is 2.37. The summed E-state index contributed by atoms with van der Waals surface area (Å²) in [5, 5.41) is 9.01. The minimum atomic E-state index is -0.743. The summed E-state index contributed by atoms with van der Waals surface area (Å²) >= 11 is 0. The van der Waals surface area contributed by atoms with E-state index in [4.69, 9.17) is 14.6 Å². The molecule has 1 aliphatic rings. The Balaban J connectivity index is 1.68. The number of carboxylic acid groups (broad SMARTS) is 1. The molecule has 0 saturated carbocycles. The molecule has 0 radical (unpaired) electrons. The van der Waals surface area contributed by atoms with Crippen LogP contribution in [0.4, 0.5) is 0 Å². The zero-order valence-corrected chi connectivity index (χ0v) is 14.6. The van der Waals surface area contributed by atoms with Gasteiger partial charge in [0.2, 0.25) is 5.88 Å². The predicted molar refractivity (Wildman–Crippen MR) is 94.1 cm³/mol. The number of aromatic nitrogens is 1. The Kier molecular flexibility index (Phi) is 5.22. The van der Waals surface area contributed by atoms with Gasteiger partial charge in [-0.1, -0.05) is 6.07 Å². The van der Waals surface area contributed by atoms with E-state index in [-0.39, 0.29) is 18.4 Å². The molecule has 0 bridgehead atoms. The molecule has 1 unspecified atom stereocenters. The molecule has 0 saturated heterocycles. The fourth-order valence-electron chi connectivity index (χ4n) is 3.22. The molecule has 2 aromatic rings. The van der Waals surface area contributed by atoms with Crippen LogP contribution in [0.5, 0.6) is 11.6 Å². The summed E-state index contributed by atoms with van der Waals surface area (Å²) in [5.74, 6) is 0.757. The number of pyridine rings is 1. The number of carbonyl (C=O) groups is 1. The monoisotopic (exact) mass is 341 g/mol. The maximum absolute atomic E-state index is 11.0. The average Bonchev–Trinajstić information content (AvgIpc) is 2.95. The second-order valence-corrected chi connectivity index (χ2v) is 6.62. The third kappa shape index (κ3) is 4.29. The highest BCUT2D eigenvalue weighted by atomic mass is 16.5. The smallest absolute Gasteiger partial charge is 0.303 e. The molecule has 0 spiro atoms. The summed E-state index contributed by atoms with van der Waals surface area (Å²) in [6, 6.07) is 9.75. The number of hydrogen-bond acceptors (Lipinski definition) is 4. The van der Waals surface area contributed by atoms with Gasteiger partial charge >= 0.3 is 5.97 Å². The molecule has 1 atom stereocenters. The van der Waals surface area contributed by atoms with Gasteiger partial charge < -0.3 is 14.6 Å². The van der Waals surface area contributed by atoms with Gasteiger partial charge in [-0.3, -0.25) is 4.79 Å². The van der Waals surface area contributed by atoms with E-state index in [9.17, 15) is 4.79 Å². The predicted octanol–water partition coefficient (Wildman–Crippen LogP) is 3.95. The molecule has 0 fully saturated rings. The van der Waals surface area contributed by atoms with Crippen molar-refractivity contribution >= 4 is 5.97 Å². The summed E-state index contributed by atoms with van der Waals surface area (Å²) in [6.07, 6.45) is 3.75. The van der Waals surface area contributed by atoms with Gasteiger partial charge in [-0.2, -0.15) is 0 Å². The molecule has 0 amide bonds. The van der Waals surface area contributed by atoms with Crippen molar-refractivity contribution < 1.29 is 19.4 Å². The number of benzene rings is 1. The van der Waals surface area contributed by atoms with Crippen LogP contribution < -0.4 is 9.47 Å². The van der Waals surface area contributed by atoms with Crippen molar-refractivity contribution in [2.24, 2.45) is 0 Å². The molecule has 3 rings (SSSR count). The highest BCUT2D eigenvalue weighted by molar-refractivity contribution is 5.68. The fourth-order valence-corrected chi connectivity index (χ4v) is 3.22. The Bertz CT molecular complexity index is 757. The second-order valence-electron chi connectivity index (χ2n) is 6.62. The summed E-state index contributed by atoms with van der Waals surface area (Å²) in [7, 11) is 0. The van der Waals surface area contributed by atoms with Crippen LogP contribution in [-0.4, -0.2) is 22.2 Å². The average molecular weight is 341 g/mol. The number of hydrogen-bond donors (Lipinski definition) is 1. The molecule has 0 aliphatic heterocycles. The third-order valence-corrected chi connectivity index (χ3v) is 4.33. The van der Waals surface area contributed by atoms with Crippen LogP contribution in [0.2, 0.25) is 0 Å². The van der Waals surface area contributed by atoms with E-state index in [1.165, 1.54) is 5.56 Å². The highest BCUT2D eigenvalue weighted by Gasteiger charge is 2.24. The molecule has 5 heteroatoms. The maximum Gasteiger partial charge on any atom is 0.303 e. The lowest BCUT2D eigenvalue weighted by Gasteiger charge is -2.14. The van der Waals surface area contributed by atoms with E-state index in [1.54, 1.807) is 6.20 Å². The van der Waals surface area contributed by atoms with Crippen molar-refractivity contribution in [3.8, 4) is 11.6 Å². The Labute approximate surface area is 147 Å². The molecule has 1 aromatic carbocycles. The van der Waals surface area contributed by atoms with Crippen molar-refractivity contribution in [3.05, 3.63) is 53.2 Å². The molecular weight excluding hydrogens is 318 g/mol. The van der Waals surface area contributed by atoms with Gasteiger partial charge in [0.25, 0.3) is 0 Å². The molecule has 25 heavy (non-hydrogen) atoms. The van der Waals surface area contributed by atoms with Crippen LogP contribution >= 0.6 is 0 Å². The molecule has 132 valence electrons. The molecular formula is C20H23NO4. The molecule has 1 heterocycles. The summed E-state index contributed by atoms with van der Waals surface area (Å²) in [4.78, 5) is 15.2. The first-order valence-corrected chi connectivity index (χ1v) is 8.61. The van der Waals surface area contributed by atoms with E-state index in [0.29, 0.717) is 12.5 Å². The Morgan fingerprint density at radius 1 is 1.36 bits per heavy atom. The van der Waals surface area contributed by atoms with Gasteiger partial charge in [-0.15, -0.1) is 0 Å². The zero-order chi connectivity index (χ0) is 17.8. The van der Waals surface area contributed by atoms with Crippen molar-refractivity contribution in [1.82, 2.24) is 4.98 Å². The van der Waals surface area contributed by atoms with E-state index in [1.807, 2.05) is 44.2 Å². The van der Waals surface area contributed by atoms with Crippen molar-refractivity contribution in [1.29, 1.82) is 0 Å². The lowest BCUT2D eigenvalue weighted by molar-refractivity contribution is -0.137. The molecule has 5 nitrogen and oxygen atoms in total. The number of rotatable bonds is 7. The van der Waals surface area contributed by atoms with Crippen LogP contribution in [-0.2, 0) is 17.8 Å². The fraction of sp³-hybridized carbons (Fsp3) is 0.400. The SMILES string of the molecule is CC(C)Oc1ncccc1COc1ccc2c(c1)CCC2CC(=O)O. The first-order valence-electron chi connectivity index (χ1n) is 8.61. The number of carboxylic acids is 1. The summed E-state index contributed by atoms with van der Waals surface area (Å²) in [5.41, 5.74) is 3.23. The van der Waals surface area contributed by atoms with Crippen LogP contribution in [0.3, 0.4) is 0 Å². The van der Waals surface area contributed by atoms with Gasteiger partial charge in [0.15, 0.2) is 0 Å². The van der Waals surface area contributed by atoms with Gasteiger partial charge in [0, 0.05) is 6.20 Å². The number of nitrogens with zero attached hydrogens (tertiary/aromatic N) is 1. The van der Waals surface area contributed by atoms with Gasteiger partial charge in [-0.25, -0.2) is 4.98 Å². The lowest BCUT2D eigenvalue weighted by Crippen LogP contribution is -2.10. The largest absolute Gasteiger partial charge is 0.489 e. The third-order valence-electron chi connectivity index (χ3n) is 4.33. The number of ether oxygens (including phenoxy) is 2. The van der Waals surface area contributed by atoms with Crippen LogP contribution in [0.1, 0.15) is 49.3 Å². The van der Waals surface area contributed by atoms with Gasteiger partial charge in [0.1, 0.15) is 12.4 Å². The van der Waals surface area contributed by atoms with E-state index >= 15 is 0 Å². The number of aliphatic carboxylic acids is 1. The van der Waals surface area contributed by atoms with Gasteiger partial charge in [0.05, 0.1) is 18.1 Å². The quantitative estimate of drug-likeness (QED) is 0.826. The van der Waals surface area contributed by atoms with E-state index in [0.717, 1.165) is 29.7 Å². The maximum atomic E-state index is 11.0. The van der Waals surface area contributed by atoms with Gasteiger partial charge in [-0.05, 0) is 68.0 Å². The van der Waals surface area contributed by atoms with Crippen LogP contribution in [0.15, 0.2) is 36.5 Å². The Morgan fingerprint density at radius 2 is 2.20 bits per heavy atom. The zero-order valence-electron chi connectivity index (χ0n) is 14.6. The Hall–Kier alpha value is -2.56. The standard InChI is InChI=1S/C20H23NO4/c1-13(2)25-20-16(4-3-9-21-20)12-24-17-7-8-18-14(10-17)5-6-15(18)11-19(22)23/h3-4,7-10,13,15H,5-6,11-12H2,1-2H3,(H,22,23). The van der Waals surface area contributed by atoms with Crippen LogP contribution in [0, 0.1) is 0 Å². The molecule has 1 N–H and O–H groups in total. The normalized spacial score (nSPS) is 15.9. The first-order chi connectivity index (χ1) is 12.0. The van der Waals surface area contributed by atoms with Crippen molar-refractivity contribution in [2.45, 2.75) is 51.7 Å². The second kappa shape index (κ2) is 7.55. The van der Waals surface area contributed by atoms with E-state index < -0.39 is 5.97 Å². The number of aryl methyl sites for hydroxylation is 1.